The van der Waals surface area contributed by atoms with E-state index in [1.165, 1.54) is 6.08 Å². The van der Waals surface area contributed by atoms with Crippen molar-refractivity contribution in [2.24, 2.45) is 10.8 Å². The molecular formula is C40H36IrNO4-. The molecule has 3 heterocycles. The molecule has 7 aromatic rings. The van der Waals surface area contributed by atoms with E-state index in [0.29, 0.717) is 0 Å². The molecule has 4 aromatic carbocycles. The van der Waals surface area contributed by atoms with Gasteiger partial charge >= 0.3 is 0 Å². The maximum Gasteiger partial charge on any atom is 0.164 e. The summed E-state index contributed by atoms with van der Waals surface area (Å²) in [5, 5.41) is 13.9. The van der Waals surface area contributed by atoms with Crippen LogP contribution in [0.25, 0.3) is 66.3 Å². The van der Waals surface area contributed by atoms with Crippen molar-refractivity contribution in [1.29, 1.82) is 0 Å². The normalized spacial score (nSPS) is 12.3. The zero-order chi connectivity index (χ0) is 31.9. The fourth-order valence-electron chi connectivity index (χ4n) is 5.22. The van der Waals surface area contributed by atoms with E-state index in [-0.39, 0.29) is 37.1 Å². The summed E-state index contributed by atoms with van der Waals surface area (Å²) in [7, 11) is 0. The maximum absolute atomic E-state index is 11.5. The fraction of sp³-hybridized carbons (Fsp3) is 0.200. The van der Waals surface area contributed by atoms with Gasteiger partial charge in [0.15, 0.2) is 5.78 Å². The maximum atomic E-state index is 11.5. The molecule has 46 heavy (non-hydrogen) atoms. The number of pyridine rings is 1. The number of furan rings is 2. The number of hydrogen-bond donors (Lipinski definition) is 1. The number of aliphatic hydroxyl groups excluding tert-OH is 1. The first-order valence-corrected chi connectivity index (χ1v) is 15.1. The van der Waals surface area contributed by atoms with E-state index in [4.69, 9.17) is 8.83 Å². The summed E-state index contributed by atoms with van der Waals surface area (Å²) in [6, 6.07) is 33.8. The average molecular weight is 787 g/mol. The molecule has 0 fully saturated rings. The van der Waals surface area contributed by atoms with Crippen LogP contribution in [0.15, 0.2) is 118 Å². The number of carbonyl (C=O) groups is 1. The molecule has 0 atom stereocenters. The first kappa shape index (κ1) is 32.9. The Morgan fingerprint density at radius 1 is 0.739 bits per heavy atom. The molecular weight excluding hydrogens is 751 g/mol. The van der Waals surface area contributed by atoms with Crippen molar-refractivity contribution in [3.63, 3.8) is 0 Å². The zero-order valence-electron chi connectivity index (χ0n) is 26.8. The second-order valence-corrected chi connectivity index (χ2v) is 13.3. The molecule has 0 saturated heterocycles. The summed E-state index contributed by atoms with van der Waals surface area (Å²) in [5.41, 5.74) is 6.63. The van der Waals surface area contributed by atoms with Gasteiger partial charge in [0.1, 0.15) is 28.1 Å². The third kappa shape index (κ3) is 6.42. The third-order valence-electron chi connectivity index (χ3n) is 7.82. The van der Waals surface area contributed by atoms with Crippen molar-refractivity contribution in [2.45, 2.75) is 41.5 Å². The topological polar surface area (TPSA) is 76.5 Å². The second kappa shape index (κ2) is 12.7. The Morgan fingerprint density at radius 2 is 1.30 bits per heavy atom. The average Bonchev–Trinajstić information content (AvgIpc) is 3.57. The Morgan fingerprint density at radius 3 is 1.83 bits per heavy atom. The predicted octanol–water partition coefficient (Wildman–Crippen LogP) is 11.1. The van der Waals surface area contributed by atoms with Gasteiger partial charge in [-0.2, -0.15) is 0 Å². The molecule has 1 N–H and O–H groups in total. The van der Waals surface area contributed by atoms with Crippen molar-refractivity contribution in [3.8, 4) is 22.4 Å². The summed E-state index contributed by atoms with van der Waals surface area (Å²) in [5.74, 6) is 0.104. The Labute approximate surface area is 282 Å². The summed E-state index contributed by atoms with van der Waals surface area (Å²) in [6.45, 7) is 11.1. The molecule has 0 bridgehead atoms. The van der Waals surface area contributed by atoms with E-state index >= 15 is 0 Å². The monoisotopic (exact) mass is 787 g/mol. The van der Waals surface area contributed by atoms with Crippen LogP contribution in [0.3, 0.4) is 0 Å². The van der Waals surface area contributed by atoms with Crippen LogP contribution in [0.5, 0.6) is 0 Å². The van der Waals surface area contributed by atoms with Crippen LogP contribution in [0.2, 0.25) is 0 Å². The summed E-state index contributed by atoms with van der Waals surface area (Å²) < 4.78 is 12.5. The van der Waals surface area contributed by atoms with Crippen LogP contribution in [0.1, 0.15) is 41.5 Å². The molecule has 1 radical (unpaired) electrons. The van der Waals surface area contributed by atoms with E-state index in [9.17, 15) is 9.90 Å². The van der Waals surface area contributed by atoms with Crippen molar-refractivity contribution in [2.75, 3.05) is 0 Å². The number of hydrogen-bond acceptors (Lipinski definition) is 5. The molecule has 0 saturated carbocycles. The van der Waals surface area contributed by atoms with Crippen LogP contribution >= 0.6 is 0 Å². The van der Waals surface area contributed by atoms with Crippen LogP contribution < -0.4 is 0 Å². The number of nitrogens with zero attached hydrogens (tertiary/aromatic N) is 1. The first-order chi connectivity index (χ1) is 21.4. The van der Waals surface area contributed by atoms with Gasteiger partial charge in [0.05, 0.1) is 0 Å². The van der Waals surface area contributed by atoms with Crippen LogP contribution in [-0.2, 0) is 24.9 Å². The van der Waals surface area contributed by atoms with E-state index in [0.717, 1.165) is 66.3 Å². The SMILES string of the molecule is CC(C)(C)C(=O)/C=C(\O)C(C)(C)C.[Ir].[c-]1ccccc1-c1cc(-c2c3c(cc4oc5ccccc5c24)oc2ccccc23)ccn1. The molecule has 5 nitrogen and oxygen atoms in total. The summed E-state index contributed by atoms with van der Waals surface area (Å²) >= 11 is 0. The molecule has 6 heteroatoms. The van der Waals surface area contributed by atoms with E-state index in [1.54, 1.807) is 0 Å². The van der Waals surface area contributed by atoms with Crippen molar-refractivity contribution in [1.82, 2.24) is 4.98 Å². The summed E-state index contributed by atoms with van der Waals surface area (Å²) in [6.07, 6.45) is 3.20. The van der Waals surface area contributed by atoms with Crippen LogP contribution in [0, 0.1) is 16.9 Å². The number of allylic oxidation sites excluding steroid dienone is 2. The van der Waals surface area contributed by atoms with Gasteiger partial charge in [-0.15, -0.1) is 35.9 Å². The third-order valence-corrected chi connectivity index (χ3v) is 7.82. The first-order valence-electron chi connectivity index (χ1n) is 15.1. The molecule has 0 aliphatic rings. The van der Waals surface area contributed by atoms with Gasteiger partial charge in [-0.05, 0) is 29.5 Å². The van der Waals surface area contributed by atoms with Gasteiger partial charge in [-0.3, -0.25) is 4.79 Å². The Bertz CT molecular complexity index is 2120. The number of rotatable bonds is 3. The van der Waals surface area contributed by atoms with E-state index in [2.05, 4.69) is 47.4 Å². The van der Waals surface area contributed by atoms with Gasteiger partial charge in [0.25, 0.3) is 0 Å². The number of ketones is 1. The van der Waals surface area contributed by atoms with Gasteiger partial charge in [0.2, 0.25) is 0 Å². The van der Waals surface area contributed by atoms with Gasteiger partial charge in [-0.1, -0.05) is 84.0 Å². The Kier molecular flexibility index (Phi) is 9.08. The number of benzene rings is 4. The molecule has 0 aliphatic carbocycles. The second-order valence-electron chi connectivity index (χ2n) is 13.3. The predicted molar refractivity (Wildman–Crippen MR) is 183 cm³/mol. The Hall–Kier alpha value is -4.51. The molecule has 0 amide bonds. The number of aromatic nitrogens is 1. The van der Waals surface area contributed by atoms with Crippen LogP contribution in [-0.4, -0.2) is 15.9 Å². The standard InChI is InChI=1S/C29H16NO2.C11H20O2.Ir/c1-2-8-18(9-3-1)22-16-19(14-15-30-22)27-28-20-10-4-6-12-23(20)31-25(28)17-26-29(27)21-11-5-7-13-24(21)32-26;1-10(2,3)8(12)7-9(13)11(4,5)6;/h1-8,10-17H;7,12H,1-6H3;/q-1;;/b;8-7-;. The molecule has 3 aromatic heterocycles. The van der Waals surface area contributed by atoms with Crippen molar-refractivity contribution >= 4 is 49.7 Å². The number of aliphatic hydroxyl groups is 1. The number of para-hydroxylation sites is 2. The molecule has 0 spiro atoms. The quantitative estimate of drug-likeness (QED) is 0.110. The Balaban J connectivity index is 0.000000256. The smallest absolute Gasteiger partial charge is 0.164 e. The minimum absolute atomic E-state index is 0. The van der Waals surface area contributed by atoms with Gasteiger partial charge in [0, 0.05) is 76.4 Å². The van der Waals surface area contributed by atoms with Crippen molar-refractivity contribution in [3.05, 3.63) is 115 Å². The molecule has 235 valence electrons. The van der Waals surface area contributed by atoms with E-state index in [1.807, 2.05) is 102 Å². The number of fused-ring (bicyclic) bond motifs is 6. The van der Waals surface area contributed by atoms with E-state index < -0.39 is 5.41 Å². The minimum Gasteiger partial charge on any atom is -0.512 e. The molecule has 7 rings (SSSR count). The van der Waals surface area contributed by atoms with Gasteiger partial charge < -0.3 is 18.9 Å². The fourth-order valence-corrected chi connectivity index (χ4v) is 5.22. The van der Waals surface area contributed by atoms with Crippen LogP contribution in [0.4, 0.5) is 0 Å². The molecule has 0 aliphatic heterocycles. The zero-order valence-corrected chi connectivity index (χ0v) is 29.2. The molecule has 0 unspecified atom stereocenters. The summed E-state index contributed by atoms with van der Waals surface area (Å²) in [4.78, 5) is 16.1. The largest absolute Gasteiger partial charge is 0.512 e. The van der Waals surface area contributed by atoms with Crippen molar-refractivity contribution < 1.29 is 38.8 Å². The minimum atomic E-state index is -0.417. The van der Waals surface area contributed by atoms with Gasteiger partial charge in [-0.25, -0.2) is 0 Å². The number of carbonyl (C=O) groups excluding carboxylic acids is 1.